The lowest BCUT2D eigenvalue weighted by Crippen LogP contribution is -2.32. The van der Waals surface area contributed by atoms with Crippen LogP contribution in [0.25, 0.3) is 21.9 Å². The minimum atomic E-state index is -0.135. The summed E-state index contributed by atoms with van der Waals surface area (Å²) < 4.78 is 2.36. The highest BCUT2D eigenvalue weighted by atomic mass is 16.2. The number of H-pyrrole nitrogens is 1. The molecular weight excluding hydrogens is 374 g/mol. The van der Waals surface area contributed by atoms with Gasteiger partial charge in [0.05, 0.1) is 11.0 Å². The summed E-state index contributed by atoms with van der Waals surface area (Å²) >= 11 is 0. The summed E-state index contributed by atoms with van der Waals surface area (Å²) in [5.41, 5.74) is 6.00. The van der Waals surface area contributed by atoms with Crippen LogP contribution in [-0.4, -0.2) is 45.0 Å². The fraction of sp³-hybridized carbons (Fsp3) is 0.333. The monoisotopic (exact) mass is 401 g/mol. The van der Waals surface area contributed by atoms with E-state index in [1.54, 1.807) is 0 Å². The van der Waals surface area contributed by atoms with E-state index in [9.17, 15) is 4.79 Å². The van der Waals surface area contributed by atoms with Gasteiger partial charge in [0, 0.05) is 49.7 Å². The van der Waals surface area contributed by atoms with Gasteiger partial charge in [-0.15, -0.1) is 0 Å². The highest BCUT2D eigenvalue weighted by Crippen LogP contribution is 2.29. The number of hydrogen-bond donors (Lipinski definition) is 2. The molecule has 0 saturated carbocycles. The van der Waals surface area contributed by atoms with E-state index in [1.165, 1.54) is 22.2 Å². The molecule has 2 aromatic heterocycles. The first kappa shape index (κ1) is 18.9. The molecule has 0 bridgehead atoms. The fourth-order valence-electron chi connectivity index (χ4n) is 4.58. The van der Waals surface area contributed by atoms with E-state index < -0.39 is 0 Å². The van der Waals surface area contributed by atoms with Gasteiger partial charge in [0.2, 0.25) is 0 Å². The third-order valence-corrected chi connectivity index (χ3v) is 6.18. The number of imidazole rings is 1. The van der Waals surface area contributed by atoms with E-state index >= 15 is 0 Å². The van der Waals surface area contributed by atoms with Gasteiger partial charge in [-0.1, -0.05) is 30.3 Å². The van der Waals surface area contributed by atoms with Crippen LogP contribution in [0.4, 0.5) is 0 Å². The van der Waals surface area contributed by atoms with Gasteiger partial charge in [-0.3, -0.25) is 9.69 Å². The fourth-order valence-corrected chi connectivity index (χ4v) is 4.58. The molecular formula is C24H27N5O. The molecule has 30 heavy (non-hydrogen) atoms. The van der Waals surface area contributed by atoms with Gasteiger partial charge in [0.25, 0.3) is 5.91 Å². The zero-order chi connectivity index (χ0) is 20.5. The largest absolute Gasteiger partial charge is 0.349 e. The molecule has 0 fully saturated rings. The minimum absolute atomic E-state index is 0.135. The van der Waals surface area contributed by atoms with Crippen molar-refractivity contribution in [3.8, 4) is 0 Å². The average Bonchev–Trinajstić information content (AvgIpc) is 3.33. The van der Waals surface area contributed by atoms with Gasteiger partial charge in [0.15, 0.2) is 5.82 Å². The Kier molecular flexibility index (Phi) is 5.01. The third kappa shape index (κ3) is 3.48. The van der Waals surface area contributed by atoms with Crippen molar-refractivity contribution >= 4 is 27.8 Å². The molecule has 6 nitrogen and oxygen atoms in total. The molecule has 1 aliphatic rings. The van der Waals surface area contributed by atoms with Crippen molar-refractivity contribution in [1.82, 2.24) is 24.8 Å². The summed E-state index contributed by atoms with van der Waals surface area (Å²) in [6.45, 7) is 3.84. The number of carbonyl (C=O) groups is 1. The Bertz CT molecular complexity index is 1170. The third-order valence-electron chi connectivity index (χ3n) is 6.18. The normalized spacial score (nSPS) is 14.3. The van der Waals surface area contributed by atoms with E-state index in [4.69, 9.17) is 0 Å². The smallest absolute Gasteiger partial charge is 0.287 e. The first-order chi connectivity index (χ1) is 14.7. The number of aromatic nitrogens is 3. The van der Waals surface area contributed by atoms with Crippen LogP contribution in [0.15, 0.2) is 48.5 Å². The Morgan fingerprint density at radius 3 is 2.87 bits per heavy atom. The predicted molar refractivity (Wildman–Crippen MR) is 120 cm³/mol. The molecule has 5 rings (SSSR count). The summed E-state index contributed by atoms with van der Waals surface area (Å²) in [6, 6.07) is 16.4. The second-order valence-electron chi connectivity index (χ2n) is 8.09. The van der Waals surface area contributed by atoms with Gasteiger partial charge < -0.3 is 14.9 Å². The number of aromatic amines is 1. The van der Waals surface area contributed by atoms with Crippen molar-refractivity contribution in [3.05, 3.63) is 65.6 Å². The van der Waals surface area contributed by atoms with Gasteiger partial charge in [0.1, 0.15) is 0 Å². The molecule has 4 aromatic rings. The summed E-state index contributed by atoms with van der Waals surface area (Å²) in [4.78, 5) is 22.3. The second-order valence-corrected chi connectivity index (χ2v) is 8.09. The van der Waals surface area contributed by atoms with Crippen LogP contribution >= 0.6 is 0 Å². The number of amides is 1. The minimum Gasteiger partial charge on any atom is -0.349 e. The van der Waals surface area contributed by atoms with Crippen molar-refractivity contribution < 1.29 is 4.79 Å². The number of hydrogen-bond acceptors (Lipinski definition) is 3. The number of rotatable bonds is 6. The number of benzene rings is 2. The molecule has 0 atom stereocenters. The molecule has 2 aromatic carbocycles. The van der Waals surface area contributed by atoms with E-state index in [1.807, 2.05) is 24.3 Å². The van der Waals surface area contributed by atoms with Crippen LogP contribution in [0.1, 0.15) is 34.7 Å². The van der Waals surface area contributed by atoms with Crippen LogP contribution in [-0.2, 0) is 20.0 Å². The summed E-state index contributed by atoms with van der Waals surface area (Å²) in [5, 5.41) is 4.37. The summed E-state index contributed by atoms with van der Waals surface area (Å²) in [7, 11) is 2.18. The van der Waals surface area contributed by atoms with Crippen LogP contribution in [0.3, 0.4) is 0 Å². The van der Waals surface area contributed by atoms with Gasteiger partial charge >= 0.3 is 0 Å². The highest BCUT2D eigenvalue weighted by Gasteiger charge is 2.22. The quantitative estimate of drug-likeness (QED) is 0.485. The van der Waals surface area contributed by atoms with Crippen LogP contribution in [0.2, 0.25) is 0 Å². The van der Waals surface area contributed by atoms with Gasteiger partial charge in [-0.25, -0.2) is 4.98 Å². The number of fused-ring (bicyclic) bond motifs is 4. The first-order valence-electron chi connectivity index (χ1n) is 10.7. The van der Waals surface area contributed by atoms with E-state index in [0.29, 0.717) is 12.4 Å². The maximum absolute atomic E-state index is 12.3. The number of unbranched alkanes of at least 4 members (excludes halogenated alkanes) is 1. The number of aryl methyl sites for hydroxylation is 1. The second kappa shape index (κ2) is 7.95. The number of para-hydroxylation sites is 3. The first-order valence-corrected chi connectivity index (χ1v) is 10.7. The topological polar surface area (TPSA) is 65.9 Å². The molecule has 0 radical (unpaired) electrons. The van der Waals surface area contributed by atoms with E-state index in [0.717, 1.165) is 49.9 Å². The maximum atomic E-state index is 12.3. The molecule has 1 aliphatic heterocycles. The Hall–Kier alpha value is -3.12. The lowest BCUT2D eigenvalue weighted by molar-refractivity contribution is 0.0943. The molecule has 154 valence electrons. The molecule has 0 spiro atoms. The van der Waals surface area contributed by atoms with Crippen molar-refractivity contribution in [3.63, 3.8) is 0 Å². The van der Waals surface area contributed by atoms with Gasteiger partial charge in [-0.2, -0.15) is 0 Å². The zero-order valence-electron chi connectivity index (χ0n) is 17.3. The maximum Gasteiger partial charge on any atom is 0.287 e. The average molecular weight is 402 g/mol. The van der Waals surface area contributed by atoms with Crippen LogP contribution < -0.4 is 5.32 Å². The van der Waals surface area contributed by atoms with E-state index in [2.05, 4.69) is 56.1 Å². The Balaban J connectivity index is 1.11. The highest BCUT2D eigenvalue weighted by molar-refractivity contribution is 5.94. The standard InChI is InChI=1S/C24H27N5O/c1-28-21-11-5-2-8-17(21)18-16-29(15-12-22(18)28)14-7-6-13-25-24(30)23-26-19-9-3-4-10-20(19)27-23/h2-5,8-11H,6-7,12-16H2,1H3,(H,25,30)(H,26,27). The van der Waals surface area contributed by atoms with Gasteiger partial charge in [-0.05, 0) is 43.1 Å². The Morgan fingerprint density at radius 2 is 1.97 bits per heavy atom. The van der Waals surface area contributed by atoms with Crippen molar-refractivity contribution in [2.75, 3.05) is 19.6 Å². The Morgan fingerprint density at radius 1 is 1.13 bits per heavy atom. The number of nitrogens with zero attached hydrogens (tertiary/aromatic N) is 3. The SMILES string of the molecule is Cn1c2c(c3ccccc31)CN(CCCCNC(=O)c1nc3ccccc3[nH]1)CC2. The van der Waals surface area contributed by atoms with Crippen LogP contribution in [0.5, 0.6) is 0 Å². The number of nitrogens with one attached hydrogen (secondary N) is 2. The Labute approximate surface area is 175 Å². The van der Waals surface area contributed by atoms with Crippen LogP contribution in [0, 0.1) is 0 Å². The molecule has 0 saturated heterocycles. The molecule has 6 heteroatoms. The molecule has 0 unspecified atom stereocenters. The summed E-state index contributed by atoms with van der Waals surface area (Å²) in [6.07, 6.45) is 3.13. The van der Waals surface area contributed by atoms with Crippen molar-refractivity contribution in [1.29, 1.82) is 0 Å². The molecule has 1 amide bonds. The van der Waals surface area contributed by atoms with Crippen molar-refractivity contribution in [2.24, 2.45) is 7.05 Å². The molecule has 0 aliphatic carbocycles. The predicted octanol–water partition coefficient (Wildman–Crippen LogP) is 3.62. The van der Waals surface area contributed by atoms with E-state index in [-0.39, 0.29) is 5.91 Å². The zero-order valence-corrected chi connectivity index (χ0v) is 17.3. The van der Waals surface area contributed by atoms with Crippen molar-refractivity contribution in [2.45, 2.75) is 25.8 Å². The lowest BCUT2D eigenvalue weighted by Gasteiger charge is -2.27. The summed E-state index contributed by atoms with van der Waals surface area (Å²) in [5.74, 6) is 0.250. The number of carbonyl (C=O) groups excluding carboxylic acids is 1. The molecule has 3 heterocycles. The molecule has 2 N–H and O–H groups in total. The lowest BCUT2D eigenvalue weighted by atomic mass is 10.0.